The quantitative estimate of drug-likeness (QED) is 0.377. The zero-order valence-electron chi connectivity index (χ0n) is 21.7. The Morgan fingerprint density at radius 2 is 1.73 bits per heavy atom. The van der Waals surface area contributed by atoms with Crippen molar-refractivity contribution in [1.82, 2.24) is 4.90 Å². The van der Waals surface area contributed by atoms with Gasteiger partial charge in [-0.1, -0.05) is 37.3 Å². The molecule has 5 rings (SSSR count). The van der Waals surface area contributed by atoms with Crippen LogP contribution < -0.4 is 19.1 Å². The normalized spacial score (nSPS) is 20.2. The van der Waals surface area contributed by atoms with E-state index >= 15 is 0 Å². The Morgan fingerprint density at radius 3 is 2.49 bits per heavy atom. The number of nitrogens with zero attached hydrogens (tertiary/aromatic N) is 2. The van der Waals surface area contributed by atoms with Crippen LogP contribution in [0.3, 0.4) is 0 Å². The highest BCUT2D eigenvalue weighted by molar-refractivity contribution is 6.10. The summed E-state index contributed by atoms with van der Waals surface area (Å²) in [7, 11) is 0. The lowest BCUT2D eigenvalue weighted by atomic mass is 9.88. The first kappa shape index (κ1) is 24.7. The third-order valence-electron chi connectivity index (χ3n) is 6.95. The summed E-state index contributed by atoms with van der Waals surface area (Å²) in [4.78, 5) is 31.3. The fourth-order valence-electron chi connectivity index (χ4n) is 5.26. The van der Waals surface area contributed by atoms with Gasteiger partial charge < -0.3 is 14.2 Å². The Bertz CT molecular complexity index is 1340. The van der Waals surface area contributed by atoms with Gasteiger partial charge in [0.1, 0.15) is 5.75 Å². The molecule has 2 aliphatic heterocycles. The van der Waals surface area contributed by atoms with E-state index in [0.29, 0.717) is 48.1 Å². The van der Waals surface area contributed by atoms with Crippen LogP contribution >= 0.6 is 0 Å². The Morgan fingerprint density at radius 1 is 0.973 bits per heavy atom. The molecule has 0 unspecified atom stereocenters. The van der Waals surface area contributed by atoms with Crippen LogP contribution in [0.25, 0.3) is 0 Å². The topological polar surface area (TPSA) is 68.3 Å². The minimum absolute atomic E-state index is 0.357. The zero-order chi connectivity index (χ0) is 26.2. The van der Waals surface area contributed by atoms with Crippen LogP contribution in [0.5, 0.6) is 17.2 Å². The molecule has 1 saturated heterocycles. The van der Waals surface area contributed by atoms with Crippen LogP contribution in [0.4, 0.5) is 10.5 Å². The minimum atomic E-state index is -0.950. The number of imide groups is 1. The molecule has 7 nitrogen and oxygen atoms in total. The van der Waals surface area contributed by atoms with Gasteiger partial charge in [0.2, 0.25) is 0 Å². The summed E-state index contributed by atoms with van der Waals surface area (Å²) >= 11 is 0. The first-order chi connectivity index (χ1) is 17.9. The number of hydrogen-bond acceptors (Lipinski definition) is 5. The van der Waals surface area contributed by atoms with Gasteiger partial charge in [-0.05, 0) is 69.2 Å². The Labute approximate surface area is 217 Å². The first-order valence-electron chi connectivity index (χ1n) is 12.8. The van der Waals surface area contributed by atoms with E-state index < -0.39 is 23.7 Å². The molecule has 0 spiro atoms. The van der Waals surface area contributed by atoms with Crippen molar-refractivity contribution in [2.24, 2.45) is 0 Å². The van der Waals surface area contributed by atoms with Crippen LogP contribution in [0.2, 0.25) is 0 Å². The van der Waals surface area contributed by atoms with Gasteiger partial charge in [-0.25, -0.2) is 4.79 Å². The predicted molar refractivity (Wildman–Crippen MR) is 141 cm³/mol. The number of amides is 3. The Hall–Kier alpha value is -4.00. The summed E-state index contributed by atoms with van der Waals surface area (Å²) in [5.74, 6) is 1.32. The highest BCUT2D eigenvalue weighted by Gasteiger charge is 2.55. The molecule has 2 atom stereocenters. The number of ether oxygens (including phenoxy) is 3. The molecular formula is C30H32N2O5. The van der Waals surface area contributed by atoms with Crippen molar-refractivity contribution in [2.45, 2.75) is 52.3 Å². The number of urea groups is 1. The van der Waals surface area contributed by atoms with Crippen LogP contribution in [0.15, 0.2) is 66.7 Å². The maximum absolute atomic E-state index is 14.2. The highest BCUT2D eigenvalue weighted by Crippen LogP contribution is 2.50. The number of hydrogen-bond donors (Lipinski definition) is 0. The summed E-state index contributed by atoms with van der Waals surface area (Å²) in [5.41, 5.74) is 2.02. The van der Waals surface area contributed by atoms with Crippen molar-refractivity contribution < 1.29 is 23.8 Å². The number of anilines is 1. The summed E-state index contributed by atoms with van der Waals surface area (Å²) in [5, 5.41) is 0. The SMILES string of the molecule is CCOc1ccc(C(=O)N2C(=O)N(c3cccc(CC)c3)[C@@]3(C)C[C@@H]2c2ccccc2O3)cc1OCC. The van der Waals surface area contributed by atoms with Crippen molar-refractivity contribution in [2.75, 3.05) is 18.1 Å². The third kappa shape index (κ3) is 4.28. The van der Waals surface area contributed by atoms with Crippen LogP contribution in [-0.4, -0.2) is 35.8 Å². The number of para-hydroxylation sites is 1. The molecular weight excluding hydrogens is 468 g/mol. The summed E-state index contributed by atoms with van der Waals surface area (Å²) in [6.45, 7) is 8.65. The number of benzene rings is 3. The maximum atomic E-state index is 14.2. The lowest BCUT2D eigenvalue weighted by molar-refractivity contribution is 0.00266. The molecule has 1 fully saturated rings. The Balaban J connectivity index is 1.62. The molecule has 2 bridgehead atoms. The average Bonchev–Trinajstić information content (AvgIpc) is 2.89. The average molecular weight is 501 g/mol. The van der Waals surface area contributed by atoms with Crippen molar-refractivity contribution in [3.05, 3.63) is 83.4 Å². The van der Waals surface area contributed by atoms with E-state index in [1.165, 1.54) is 4.90 Å². The van der Waals surface area contributed by atoms with E-state index in [9.17, 15) is 9.59 Å². The predicted octanol–water partition coefficient (Wildman–Crippen LogP) is 6.37. The molecule has 0 aromatic heterocycles. The molecule has 3 aromatic carbocycles. The molecule has 0 aliphatic carbocycles. The molecule has 2 heterocycles. The zero-order valence-corrected chi connectivity index (χ0v) is 21.7. The maximum Gasteiger partial charge on any atom is 0.335 e. The van der Waals surface area contributed by atoms with Crippen molar-refractivity contribution in [1.29, 1.82) is 0 Å². The van der Waals surface area contributed by atoms with E-state index in [4.69, 9.17) is 14.2 Å². The molecule has 0 radical (unpaired) electrons. The molecule has 37 heavy (non-hydrogen) atoms. The second-order valence-electron chi connectivity index (χ2n) is 9.38. The second kappa shape index (κ2) is 9.81. The van der Waals surface area contributed by atoms with Gasteiger partial charge in [-0.3, -0.25) is 14.6 Å². The molecule has 0 saturated carbocycles. The van der Waals surface area contributed by atoms with Crippen molar-refractivity contribution >= 4 is 17.6 Å². The molecule has 7 heteroatoms. The fraction of sp³-hybridized carbons (Fsp3) is 0.333. The number of carbonyl (C=O) groups excluding carboxylic acids is 2. The number of aryl methyl sites for hydroxylation is 1. The van der Waals surface area contributed by atoms with E-state index in [1.807, 2.05) is 69.3 Å². The number of fused-ring (bicyclic) bond motifs is 4. The molecule has 2 aliphatic rings. The van der Waals surface area contributed by atoms with E-state index in [1.54, 1.807) is 23.1 Å². The lowest BCUT2D eigenvalue weighted by Gasteiger charge is -2.53. The van der Waals surface area contributed by atoms with Crippen LogP contribution in [0.1, 0.15) is 61.6 Å². The van der Waals surface area contributed by atoms with E-state index in [-0.39, 0.29) is 0 Å². The largest absolute Gasteiger partial charge is 0.490 e. The third-order valence-corrected chi connectivity index (χ3v) is 6.95. The van der Waals surface area contributed by atoms with Gasteiger partial charge in [-0.2, -0.15) is 0 Å². The Kier molecular flexibility index (Phi) is 6.54. The van der Waals surface area contributed by atoms with Gasteiger partial charge >= 0.3 is 6.03 Å². The number of rotatable bonds is 7. The molecule has 0 N–H and O–H groups in total. The number of carbonyl (C=O) groups is 2. The summed E-state index contributed by atoms with van der Waals surface area (Å²) < 4.78 is 17.9. The summed E-state index contributed by atoms with van der Waals surface area (Å²) in [6, 6.07) is 19.6. The van der Waals surface area contributed by atoms with E-state index in [0.717, 1.165) is 17.5 Å². The van der Waals surface area contributed by atoms with Crippen LogP contribution in [-0.2, 0) is 6.42 Å². The molecule has 3 aromatic rings. The minimum Gasteiger partial charge on any atom is -0.490 e. The molecule has 192 valence electrons. The first-order valence-corrected chi connectivity index (χ1v) is 12.8. The highest BCUT2D eigenvalue weighted by atomic mass is 16.5. The summed E-state index contributed by atoms with van der Waals surface area (Å²) in [6.07, 6.45) is 1.27. The van der Waals surface area contributed by atoms with E-state index in [2.05, 4.69) is 6.92 Å². The van der Waals surface area contributed by atoms with Crippen molar-refractivity contribution in [3.8, 4) is 17.2 Å². The van der Waals surface area contributed by atoms with Crippen LogP contribution in [0, 0.1) is 0 Å². The van der Waals surface area contributed by atoms with Gasteiger partial charge in [0.05, 0.1) is 19.3 Å². The monoisotopic (exact) mass is 500 g/mol. The van der Waals surface area contributed by atoms with Gasteiger partial charge in [0, 0.05) is 23.2 Å². The van der Waals surface area contributed by atoms with Gasteiger partial charge in [0.15, 0.2) is 17.2 Å². The van der Waals surface area contributed by atoms with Gasteiger partial charge in [-0.15, -0.1) is 0 Å². The second-order valence-corrected chi connectivity index (χ2v) is 9.38. The standard InChI is InChI=1S/C30H32N2O5/c1-5-20-11-10-12-22(17-20)32-29(34)31(24-19-30(32,4)37-25-14-9-8-13-23(24)25)28(33)21-15-16-26(35-6-2)27(18-21)36-7-3/h8-18,24H,5-7,19H2,1-4H3/t24-,30-/m1/s1. The van der Waals surface area contributed by atoms with Crippen molar-refractivity contribution in [3.63, 3.8) is 0 Å². The lowest BCUT2D eigenvalue weighted by Crippen LogP contribution is -2.67. The van der Waals surface area contributed by atoms with Gasteiger partial charge in [0.25, 0.3) is 5.91 Å². The molecule has 3 amide bonds. The smallest absolute Gasteiger partial charge is 0.335 e. The fourth-order valence-corrected chi connectivity index (χ4v) is 5.26.